The first-order valence-corrected chi connectivity index (χ1v) is 7.47. The number of carbonyl (C=O) groups is 2. The van der Waals surface area contributed by atoms with Crippen molar-refractivity contribution >= 4 is 11.9 Å². The Bertz CT molecular complexity index is 539. The molecule has 0 unspecified atom stereocenters. The number of carbonyl (C=O) groups excluding carboxylic acids is 1. The highest BCUT2D eigenvalue weighted by Crippen LogP contribution is 2.26. The molecule has 2 heterocycles. The van der Waals surface area contributed by atoms with Crippen LogP contribution in [0.5, 0.6) is 0 Å². The summed E-state index contributed by atoms with van der Waals surface area (Å²) in [4.78, 5) is 25.1. The van der Waals surface area contributed by atoms with Crippen molar-refractivity contribution in [2.45, 2.75) is 46.5 Å². The first-order chi connectivity index (χ1) is 9.90. The van der Waals surface area contributed by atoms with E-state index in [-0.39, 0.29) is 12.3 Å². The van der Waals surface area contributed by atoms with Crippen LogP contribution in [0.15, 0.2) is 4.42 Å². The Morgan fingerprint density at radius 1 is 1.19 bits per heavy atom. The van der Waals surface area contributed by atoms with Gasteiger partial charge in [0.25, 0.3) is 5.91 Å². The monoisotopic (exact) mass is 293 g/mol. The van der Waals surface area contributed by atoms with Gasteiger partial charge in [-0.25, -0.2) is 0 Å². The fourth-order valence-corrected chi connectivity index (χ4v) is 3.02. The molecular weight excluding hydrogens is 270 g/mol. The summed E-state index contributed by atoms with van der Waals surface area (Å²) in [7, 11) is 0. The molecule has 1 aromatic heterocycles. The third-order valence-corrected chi connectivity index (χ3v) is 4.44. The van der Waals surface area contributed by atoms with Crippen LogP contribution in [-0.2, 0) is 4.79 Å². The van der Waals surface area contributed by atoms with Crippen molar-refractivity contribution < 1.29 is 19.1 Å². The summed E-state index contributed by atoms with van der Waals surface area (Å²) < 4.78 is 5.53. The lowest BCUT2D eigenvalue weighted by Gasteiger charge is -2.32. The number of piperidine rings is 1. The Labute approximate surface area is 124 Å². The fourth-order valence-electron chi connectivity index (χ4n) is 3.02. The van der Waals surface area contributed by atoms with Crippen molar-refractivity contribution in [1.82, 2.24) is 4.90 Å². The largest absolute Gasteiger partial charge is 0.481 e. The van der Waals surface area contributed by atoms with Crippen LogP contribution in [0.25, 0.3) is 0 Å². The van der Waals surface area contributed by atoms with Gasteiger partial charge in [-0.3, -0.25) is 9.59 Å². The van der Waals surface area contributed by atoms with E-state index < -0.39 is 5.97 Å². The summed E-state index contributed by atoms with van der Waals surface area (Å²) in [5, 5.41) is 8.72. The maximum atomic E-state index is 12.6. The standard InChI is InChI=1S/C16H23NO4/c1-10-11(2)21-12(3)15(10)16(20)17-8-6-13(7-9-17)4-5-14(18)19/h13H,4-9H2,1-3H3,(H,18,19). The highest BCUT2D eigenvalue weighted by molar-refractivity contribution is 5.96. The molecule has 0 aliphatic carbocycles. The summed E-state index contributed by atoms with van der Waals surface area (Å²) >= 11 is 0. The number of aliphatic carboxylic acids is 1. The smallest absolute Gasteiger partial charge is 0.303 e. The first kappa shape index (κ1) is 15.6. The summed E-state index contributed by atoms with van der Waals surface area (Å²) in [6, 6.07) is 0. The zero-order valence-electron chi connectivity index (χ0n) is 12.9. The van der Waals surface area contributed by atoms with Gasteiger partial charge in [-0.15, -0.1) is 0 Å². The van der Waals surface area contributed by atoms with Gasteiger partial charge >= 0.3 is 5.97 Å². The number of carboxylic acid groups (broad SMARTS) is 1. The number of furan rings is 1. The van der Waals surface area contributed by atoms with Crippen LogP contribution in [0.1, 0.15) is 53.1 Å². The van der Waals surface area contributed by atoms with Gasteiger partial charge in [0.15, 0.2) is 0 Å². The molecule has 1 amide bonds. The van der Waals surface area contributed by atoms with Gasteiger partial charge in [-0.1, -0.05) is 0 Å². The van der Waals surface area contributed by atoms with Gasteiger partial charge in [-0.2, -0.15) is 0 Å². The molecule has 0 spiro atoms. The molecule has 2 rings (SSSR count). The van der Waals surface area contributed by atoms with Crippen molar-refractivity contribution in [1.29, 1.82) is 0 Å². The summed E-state index contributed by atoms with van der Waals surface area (Å²) in [5.41, 5.74) is 1.61. The van der Waals surface area contributed by atoms with E-state index in [2.05, 4.69) is 0 Å². The molecule has 0 radical (unpaired) electrons. The number of likely N-dealkylation sites (tertiary alicyclic amines) is 1. The van der Waals surface area contributed by atoms with Gasteiger partial charge in [0.1, 0.15) is 11.5 Å². The van der Waals surface area contributed by atoms with E-state index >= 15 is 0 Å². The quantitative estimate of drug-likeness (QED) is 0.926. The fraction of sp³-hybridized carbons (Fsp3) is 0.625. The zero-order chi connectivity index (χ0) is 15.6. The van der Waals surface area contributed by atoms with Crippen LogP contribution < -0.4 is 0 Å². The second-order valence-electron chi connectivity index (χ2n) is 5.88. The minimum Gasteiger partial charge on any atom is -0.481 e. The molecule has 5 heteroatoms. The minimum atomic E-state index is -0.742. The predicted octanol–water partition coefficient (Wildman–Crippen LogP) is 2.92. The lowest BCUT2D eigenvalue weighted by atomic mass is 9.92. The third-order valence-electron chi connectivity index (χ3n) is 4.44. The average Bonchev–Trinajstić information content (AvgIpc) is 2.70. The van der Waals surface area contributed by atoms with E-state index in [0.717, 1.165) is 24.2 Å². The number of hydrogen-bond acceptors (Lipinski definition) is 3. The van der Waals surface area contributed by atoms with E-state index in [1.165, 1.54) is 0 Å². The van der Waals surface area contributed by atoms with E-state index in [4.69, 9.17) is 9.52 Å². The van der Waals surface area contributed by atoms with Gasteiger partial charge in [0.05, 0.1) is 5.56 Å². The maximum Gasteiger partial charge on any atom is 0.303 e. The van der Waals surface area contributed by atoms with Crippen LogP contribution in [-0.4, -0.2) is 35.0 Å². The lowest BCUT2D eigenvalue weighted by molar-refractivity contribution is -0.137. The topological polar surface area (TPSA) is 70.8 Å². The number of carboxylic acids is 1. The van der Waals surface area contributed by atoms with Crippen LogP contribution in [0.3, 0.4) is 0 Å². The molecule has 1 saturated heterocycles. The number of rotatable bonds is 4. The number of amides is 1. The Morgan fingerprint density at radius 3 is 2.29 bits per heavy atom. The molecule has 21 heavy (non-hydrogen) atoms. The lowest BCUT2D eigenvalue weighted by Crippen LogP contribution is -2.39. The van der Waals surface area contributed by atoms with Crippen LogP contribution in [0.2, 0.25) is 0 Å². The molecule has 1 aliphatic heterocycles. The number of hydrogen-bond donors (Lipinski definition) is 1. The zero-order valence-corrected chi connectivity index (χ0v) is 12.9. The highest BCUT2D eigenvalue weighted by Gasteiger charge is 2.27. The van der Waals surface area contributed by atoms with Gasteiger partial charge in [0, 0.05) is 25.1 Å². The van der Waals surface area contributed by atoms with Gasteiger partial charge in [0.2, 0.25) is 0 Å². The molecule has 116 valence electrons. The molecule has 0 saturated carbocycles. The molecule has 5 nitrogen and oxygen atoms in total. The molecule has 0 aromatic carbocycles. The second-order valence-corrected chi connectivity index (χ2v) is 5.88. The van der Waals surface area contributed by atoms with Crippen LogP contribution in [0, 0.1) is 26.7 Å². The molecule has 1 aliphatic rings. The Hall–Kier alpha value is -1.78. The number of aryl methyl sites for hydroxylation is 2. The summed E-state index contributed by atoms with van der Waals surface area (Å²) in [6.45, 7) is 7.02. The van der Waals surface area contributed by atoms with Crippen molar-refractivity contribution in [3.63, 3.8) is 0 Å². The van der Waals surface area contributed by atoms with Gasteiger partial charge < -0.3 is 14.4 Å². The molecule has 1 fully saturated rings. The Balaban J connectivity index is 1.96. The van der Waals surface area contributed by atoms with Crippen molar-refractivity contribution in [2.24, 2.45) is 5.92 Å². The maximum absolute atomic E-state index is 12.6. The van der Waals surface area contributed by atoms with Crippen LogP contribution >= 0.6 is 0 Å². The number of nitrogens with zero attached hydrogens (tertiary/aromatic N) is 1. The summed E-state index contributed by atoms with van der Waals surface area (Å²) in [6.07, 6.45) is 2.69. The molecular formula is C16H23NO4. The molecule has 0 atom stereocenters. The average molecular weight is 293 g/mol. The second kappa shape index (κ2) is 6.33. The summed E-state index contributed by atoms with van der Waals surface area (Å²) in [5.74, 6) is 1.20. The van der Waals surface area contributed by atoms with Crippen molar-refractivity contribution in [2.75, 3.05) is 13.1 Å². The van der Waals surface area contributed by atoms with E-state index in [0.29, 0.717) is 36.8 Å². The Kier molecular flexibility index (Phi) is 4.70. The highest BCUT2D eigenvalue weighted by atomic mass is 16.4. The molecule has 1 N–H and O–H groups in total. The van der Waals surface area contributed by atoms with Gasteiger partial charge in [-0.05, 0) is 46.0 Å². The molecule has 1 aromatic rings. The first-order valence-electron chi connectivity index (χ1n) is 7.47. The van der Waals surface area contributed by atoms with E-state index in [1.54, 1.807) is 0 Å². The SMILES string of the molecule is Cc1oc(C)c(C(=O)N2CCC(CCC(=O)O)CC2)c1C. The van der Waals surface area contributed by atoms with Crippen molar-refractivity contribution in [3.05, 3.63) is 22.6 Å². The normalized spacial score (nSPS) is 16.2. The minimum absolute atomic E-state index is 0.0403. The molecule has 0 bridgehead atoms. The third kappa shape index (κ3) is 3.46. The van der Waals surface area contributed by atoms with Crippen molar-refractivity contribution in [3.8, 4) is 0 Å². The predicted molar refractivity (Wildman–Crippen MR) is 78.4 cm³/mol. The van der Waals surface area contributed by atoms with E-state index in [1.807, 2.05) is 25.7 Å². The Morgan fingerprint density at radius 2 is 1.81 bits per heavy atom. The van der Waals surface area contributed by atoms with Crippen LogP contribution in [0.4, 0.5) is 0 Å². The van der Waals surface area contributed by atoms with E-state index in [9.17, 15) is 9.59 Å².